The van der Waals surface area contributed by atoms with Crippen molar-refractivity contribution in [2.75, 3.05) is 31.2 Å². The van der Waals surface area contributed by atoms with Gasteiger partial charge in [-0.1, -0.05) is 0 Å². The Balaban J connectivity index is 1.45. The van der Waals surface area contributed by atoms with Crippen LogP contribution in [0.4, 0.5) is 5.88 Å². The molecule has 9 heteroatoms. The molecular formula is C19H21N5O4. The molecule has 2 fully saturated rings. The highest BCUT2D eigenvalue weighted by Crippen LogP contribution is 2.35. The number of tetrazole rings is 1. The summed E-state index contributed by atoms with van der Waals surface area (Å²) >= 11 is 0. The molecule has 9 nitrogen and oxygen atoms in total. The molecule has 1 aliphatic carbocycles. The number of aryl methyl sites for hydroxylation is 1. The van der Waals surface area contributed by atoms with E-state index in [-0.39, 0.29) is 12.0 Å². The molecule has 0 unspecified atom stereocenters. The maximum absolute atomic E-state index is 12.6. The van der Waals surface area contributed by atoms with Crippen molar-refractivity contribution in [2.45, 2.75) is 32.4 Å². The number of hydrogen-bond acceptors (Lipinski definition) is 8. The largest absolute Gasteiger partial charge is 0.485 e. The number of anilines is 1. The molecule has 0 spiro atoms. The number of rotatable bonds is 5. The van der Waals surface area contributed by atoms with Crippen LogP contribution in [0.2, 0.25) is 0 Å². The predicted molar refractivity (Wildman–Crippen MR) is 101 cm³/mol. The average Bonchev–Trinajstić information content (AvgIpc) is 3.46. The van der Waals surface area contributed by atoms with E-state index in [9.17, 15) is 4.79 Å². The minimum Gasteiger partial charge on any atom is -0.485 e. The molecule has 2 aliphatic rings. The lowest BCUT2D eigenvalue weighted by atomic mass is 10.1. The van der Waals surface area contributed by atoms with Gasteiger partial charge in [-0.25, -0.2) is 4.68 Å². The highest BCUT2D eigenvalue weighted by Gasteiger charge is 2.28. The van der Waals surface area contributed by atoms with Gasteiger partial charge in [-0.15, -0.1) is 5.10 Å². The van der Waals surface area contributed by atoms with E-state index < -0.39 is 0 Å². The van der Waals surface area contributed by atoms with Gasteiger partial charge in [0.2, 0.25) is 0 Å². The lowest BCUT2D eigenvalue weighted by Gasteiger charge is -2.27. The fraction of sp³-hybridized carbons (Fsp3) is 0.474. The minimum absolute atomic E-state index is 0.0601. The van der Waals surface area contributed by atoms with E-state index >= 15 is 0 Å². The Morgan fingerprint density at radius 2 is 2.07 bits per heavy atom. The number of ether oxygens (including phenoxy) is 2. The van der Waals surface area contributed by atoms with Gasteiger partial charge in [-0.3, -0.25) is 4.79 Å². The smallest absolute Gasteiger partial charge is 0.200 e. The van der Waals surface area contributed by atoms with E-state index in [2.05, 4.69) is 15.5 Å². The van der Waals surface area contributed by atoms with E-state index in [0.29, 0.717) is 60.8 Å². The van der Waals surface area contributed by atoms with Crippen LogP contribution < -0.4 is 15.1 Å². The van der Waals surface area contributed by atoms with E-state index in [1.54, 1.807) is 18.2 Å². The highest BCUT2D eigenvalue weighted by molar-refractivity contribution is 5.82. The first-order chi connectivity index (χ1) is 13.7. The predicted octanol–water partition coefficient (Wildman–Crippen LogP) is 1.84. The zero-order valence-corrected chi connectivity index (χ0v) is 15.6. The molecule has 1 saturated heterocycles. The van der Waals surface area contributed by atoms with Crippen molar-refractivity contribution in [3.63, 3.8) is 0 Å². The average molecular weight is 383 g/mol. The van der Waals surface area contributed by atoms with Crippen LogP contribution >= 0.6 is 0 Å². The molecule has 0 N–H and O–H groups in total. The van der Waals surface area contributed by atoms with Crippen molar-refractivity contribution in [3.8, 4) is 5.75 Å². The first kappa shape index (κ1) is 17.2. The second-order valence-electron chi connectivity index (χ2n) is 7.17. The summed E-state index contributed by atoms with van der Waals surface area (Å²) in [7, 11) is 0. The van der Waals surface area contributed by atoms with Gasteiger partial charge in [0.15, 0.2) is 17.1 Å². The fourth-order valence-electron chi connectivity index (χ4n) is 3.47. The van der Waals surface area contributed by atoms with Crippen molar-refractivity contribution >= 4 is 16.9 Å². The summed E-state index contributed by atoms with van der Waals surface area (Å²) in [5, 5.41) is 12.4. The molecule has 0 bridgehead atoms. The van der Waals surface area contributed by atoms with E-state index in [1.807, 2.05) is 16.5 Å². The van der Waals surface area contributed by atoms with Gasteiger partial charge in [0, 0.05) is 24.7 Å². The standard InChI is InChI=1S/C19H21N5O4/c1-12-16(27-11-17-20-21-22-24(17)13-2-3-13)5-4-14-15(25)10-18(28-19(12)14)23-6-8-26-9-7-23/h4-5,10,13H,2-3,6-9,11H2,1H3. The monoisotopic (exact) mass is 383 g/mol. The second-order valence-corrected chi connectivity index (χ2v) is 7.17. The number of fused-ring (bicyclic) bond motifs is 1. The summed E-state index contributed by atoms with van der Waals surface area (Å²) < 4.78 is 19.3. The van der Waals surface area contributed by atoms with Gasteiger partial charge in [0.05, 0.1) is 24.6 Å². The Kier molecular flexibility index (Phi) is 4.23. The summed E-state index contributed by atoms with van der Waals surface area (Å²) in [4.78, 5) is 14.6. The molecule has 0 amide bonds. The van der Waals surface area contributed by atoms with Crippen LogP contribution in [-0.4, -0.2) is 46.5 Å². The molecule has 1 saturated carbocycles. The summed E-state index contributed by atoms with van der Waals surface area (Å²) in [5.74, 6) is 1.92. The van der Waals surface area contributed by atoms with Crippen molar-refractivity contribution in [1.29, 1.82) is 0 Å². The zero-order valence-electron chi connectivity index (χ0n) is 15.6. The summed E-state index contributed by atoms with van der Waals surface area (Å²) in [6.45, 7) is 4.82. The lowest BCUT2D eigenvalue weighted by Crippen LogP contribution is -2.36. The maximum atomic E-state index is 12.6. The molecule has 3 aromatic rings. The van der Waals surface area contributed by atoms with Crippen LogP contribution in [0.1, 0.15) is 30.3 Å². The fourth-order valence-corrected chi connectivity index (χ4v) is 3.47. The van der Waals surface area contributed by atoms with Crippen molar-refractivity contribution in [2.24, 2.45) is 0 Å². The second kappa shape index (κ2) is 6.90. The van der Waals surface area contributed by atoms with Gasteiger partial charge in [-0.2, -0.15) is 0 Å². The van der Waals surface area contributed by atoms with Crippen molar-refractivity contribution in [3.05, 3.63) is 39.8 Å². The molecule has 1 aromatic carbocycles. The van der Waals surface area contributed by atoms with Gasteiger partial charge in [-0.05, 0) is 42.3 Å². The Hall–Kier alpha value is -2.94. The normalized spacial score (nSPS) is 17.2. The molecule has 2 aromatic heterocycles. The Labute approximate surface area is 160 Å². The Bertz CT molecular complexity index is 1070. The van der Waals surface area contributed by atoms with Gasteiger partial charge >= 0.3 is 0 Å². The number of aromatic nitrogens is 4. The third-order valence-electron chi connectivity index (χ3n) is 5.22. The molecule has 0 atom stereocenters. The third kappa shape index (κ3) is 3.11. The van der Waals surface area contributed by atoms with Crippen LogP contribution in [-0.2, 0) is 11.3 Å². The van der Waals surface area contributed by atoms with Crippen molar-refractivity contribution in [1.82, 2.24) is 20.2 Å². The van der Waals surface area contributed by atoms with Crippen LogP contribution in [0.15, 0.2) is 27.4 Å². The highest BCUT2D eigenvalue weighted by atomic mass is 16.5. The summed E-state index contributed by atoms with van der Waals surface area (Å²) in [6.07, 6.45) is 2.20. The van der Waals surface area contributed by atoms with Gasteiger partial charge in [0.1, 0.15) is 17.9 Å². The number of hydrogen-bond donors (Lipinski definition) is 0. The molecule has 0 radical (unpaired) electrons. The number of benzene rings is 1. The SMILES string of the molecule is Cc1c(OCc2nnnn2C2CC2)ccc2c(=O)cc(N3CCOCC3)oc12. The topological polar surface area (TPSA) is 95.5 Å². The Morgan fingerprint density at radius 1 is 1.25 bits per heavy atom. The first-order valence-corrected chi connectivity index (χ1v) is 9.50. The number of nitrogens with zero attached hydrogens (tertiary/aromatic N) is 5. The van der Waals surface area contributed by atoms with Crippen LogP contribution in [0, 0.1) is 6.92 Å². The van der Waals surface area contributed by atoms with Crippen LogP contribution in [0.3, 0.4) is 0 Å². The van der Waals surface area contributed by atoms with Crippen LogP contribution in [0.5, 0.6) is 5.75 Å². The van der Waals surface area contributed by atoms with Gasteiger partial charge in [0.25, 0.3) is 0 Å². The first-order valence-electron chi connectivity index (χ1n) is 9.50. The molecule has 1 aliphatic heterocycles. The van der Waals surface area contributed by atoms with E-state index in [1.165, 1.54) is 0 Å². The maximum Gasteiger partial charge on any atom is 0.200 e. The quantitative estimate of drug-likeness (QED) is 0.659. The summed E-state index contributed by atoms with van der Waals surface area (Å²) in [5.41, 5.74) is 1.28. The molecular weight excluding hydrogens is 362 g/mol. The molecule has 3 heterocycles. The number of morpholine rings is 1. The zero-order chi connectivity index (χ0) is 19.1. The molecule has 28 heavy (non-hydrogen) atoms. The summed E-state index contributed by atoms with van der Waals surface area (Å²) in [6, 6.07) is 5.49. The van der Waals surface area contributed by atoms with Crippen LogP contribution in [0.25, 0.3) is 11.0 Å². The van der Waals surface area contributed by atoms with Gasteiger partial charge < -0.3 is 18.8 Å². The molecule has 146 valence electrons. The van der Waals surface area contributed by atoms with E-state index in [0.717, 1.165) is 18.4 Å². The van der Waals surface area contributed by atoms with Crippen molar-refractivity contribution < 1.29 is 13.9 Å². The Morgan fingerprint density at radius 3 is 2.86 bits per heavy atom. The molecule has 5 rings (SSSR count). The lowest BCUT2D eigenvalue weighted by molar-refractivity contribution is 0.121. The minimum atomic E-state index is -0.0601. The third-order valence-corrected chi connectivity index (χ3v) is 5.22. The van der Waals surface area contributed by atoms with E-state index in [4.69, 9.17) is 13.9 Å².